The molecule has 0 aliphatic rings. The largest absolute Gasteiger partial charge is 0.316 e. The Balaban J connectivity index is 0.00000289. The molecule has 0 heterocycles. The van der Waals surface area contributed by atoms with Crippen LogP contribution in [0.3, 0.4) is 0 Å². The van der Waals surface area contributed by atoms with E-state index < -0.39 is 10.0 Å². The summed E-state index contributed by atoms with van der Waals surface area (Å²) in [5.74, 6) is 0. The number of sulfonamides is 1. The van der Waals surface area contributed by atoms with Crippen molar-refractivity contribution in [2.24, 2.45) is 0 Å². The van der Waals surface area contributed by atoms with E-state index >= 15 is 0 Å². The lowest BCUT2D eigenvalue weighted by atomic mass is 10.2. The van der Waals surface area contributed by atoms with Crippen LogP contribution in [0.4, 0.5) is 0 Å². The van der Waals surface area contributed by atoms with Crippen molar-refractivity contribution in [1.82, 2.24) is 10.0 Å². The minimum absolute atomic E-state index is 0. The Labute approximate surface area is 114 Å². The quantitative estimate of drug-likeness (QED) is 0.842. The highest BCUT2D eigenvalue weighted by molar-refractivity contribution is 7.89. The maximum absolute atomic E-state index is 11.8. The molecule has 0 spiro atoms. The third-order valence-electron chi connectivity index (χ3n) is 2.37. The molecule has 0 fully saturated rings. The third-order valence-corrected chi connectivity index (χ3v) is 3.81. The fourth-order valence-corrected chi connectivity index (χ4v) is 2.26. The van der Waals surface area contributed by atoms with Crippen LogP contribution in [0.2, 0.25) is 0 Å². The molecule has 1 aromatic carbocycles. The summed E-state index contributed by atoms with van der Waals surface area (Å²) >= 11 is 0. The van der Waals surface area contributed by atoms with Crippen molar-refractivity contribution >= 4 is 22.4 Å². The van der Waals surface area contributed by atoms with E-state index in [0.717, 1.165) is 0 Å². The van der Waals surface area contributed by atoms with Gasteiger partial charge in [-0.05, 0) is 38.2 Å². The number of benzene rings is 1. The average Bonchev–Trinajstić information content (AvgIpc) is 2.36. The second-order valence-corrected chi connectivity index (χ2v) is 5.44. The highest BCUT2D eigenvalue weighted by Gasteiger charge is 2.14. The van der Waals surface area contributed by atoms with Crippen LogP contribution < -0.4 is 10.0 Å². The molecule has 1 unspecified atom stereocenters. The number of nitriles is 1. The first-order valence-corrected chi connectivity index (χ1v) is 6.65. The molecular weight excluding hydrogens is 274 g/mol. The second kappa shape index (κ2) is 7.34. The van der Waals surface area contributed by atoms with Crippen LogP contribution >= 0.6 is 12.4 Å². The molecule has 0 bridgehead atoms. The van der Waals surface area contributed by atoms with Crippen molar-refractivity contribution in [2.75, 3.05) is 13.6 Å². The minimum atomic E-state index is -3.49. The molecule has 1 rings (SSSR count). The van der Waals surface area contributed by atoms with Crippen LogP contribution in [0, 0.1) is 11.3 Å². The zero-order valence-corrected chi connectivity index (χ0v) is 11.8. The zero-order valence-electron chi connectivity index (χ0n) is 10.2. The van der Waals surface area contributed by atoms with Gasteiger partial charge < -0.3 is 5.32 Å². The Bertz CT molecular complexity index is 508. The Morgan fingerprint density at radius 2 is 1.89 bits per heavy atom. The zero-order chi connectivity index (χ0) is 12.9. The summed E-state index contributed by atoms with van der Waals surface area (Å²) in [4.78, 5) is 0.166. The van der Waals surface area contributed by atoms with Crippen molar-refractivity contribution in [3.8, 4) is 6.07 Å². The van der Waals surface area contributed by atoms with Gasteiger partial charge in [-0.2, -0.15) is 5.26 Å². The van der Waals surface area contributed by atoms with Crippen LogP contribution in [0.25, 0.3) is 0 Å². The predicted molar refractivity (Wildman–Crippen MR) is 72.1 cm³/mol. The summed E-state index contributed by atoms with van der Waals surface area (Å²) in [5, 5.41) is 11.6. The molecule has 7 heteroatoms. The fraction of sp³-hybridized carbons (Fsp3) is 0.364. The van der Waals surface area contributed by atoms with Crippen molar-refractivity contribution in [3.05, 3.63) is 29.8 Å². The number of likely N-dealkylation sites (N-methyl/N-ethyl adjacent to an activating group) is 1. The van der Waals surface area contributed by atoms with Gasteiger partial charge in [0.05, 0.1) is 16.5 Å². The van der Waals surface area contributed by atoms with Crippen molar-refractivity contribution in [3.63, 3.8) is 0 Å². The number of hydrogen-bond donors (Lipinski definition) is 2. The summed E-state index contributed by atoms with van der Waals surface area (Å²) in [6.07, 6.45) is 0. The molecule has 0 aliphatic carbocycles. The molecule has 0 amide bonds. The average molecular weight is 290 g/mol. The number of rotatable bonds is 5. The van der Waals surface area contributed by atoms with E-state index in [1.807, 2.05) is 13.0 Å². The highest BCUT2D eigenvalue weighted by Crippen LogP contribution is 2.09. The smallest absolute Gasteiger partial charge is 0.240 e. The van der Waals surface area contributed by atoms with Crippen LogP contribution in [0.1, 0.15) is 12.5 Å². The molecule has 100 valence electrons. The topological polar surface area (TPSA) is 82.0 Å². The minimum Gasteiger partial charge on any atom is -0.316 e. The molecule has 0 radical (unpaired) electrons. The predicted octanol–water partition coefficient (Wildman–Crippen LogP) is 0.866. The lowest BCUT2D eigenvalue weighted by molar-refractivity contribution is 0.554. The van der Waals surface area contributed by atoms with Crippen molar-refractivity contribution < 1.29 is 8.42 Å². The second-order valence-electron chi connectivity index (χ2n) is 3.68. The van der Waals surface area contributed by atoms with Gasteiger partial charge >= 0.3 is 0 Å². The SMILES string of the molecule is CNC(C)CNS(=O)(=O)c1ccc(C#N)cc1.Cl. The fourth-order valence-electron chi connectivity index (χ4n) is 1.13. The number of nitrogens with zero attached hydrogens (tertiary/aromatic N) is 1. The van der Waals surface area contributed by atoms with E-state index in [2.05, 4.69) is 10.0 Å². The first kappa shape index (κ1) is 16.9. The Kier molecular flexibility index (Phi) is 6.88. The van der Waals surface area contributed by atoms with Gasteiger partial charge in [0.2, 0.25) is 10.0 Å². The normalized spacial score (nSPS) is 12.3. The number of nitrogens with one attached hydrogen (secondary N) is 2. The van der Waals surface area contributed by atoms with Crippen molar-refractivity contribution in [2.45, 2.75) is 17.9 Å². The molecular formula is C11H16ClN3O2S. The summed E-state index contributed by atoms with van der Waals surface area (Å²) < 4.78 is 26.2. The number of halogens is 1. The molecule has 0 aliphatic heterocycles. The molecule has 1 atom stereocenters. The van der Waals surface area contributed by atoms with Gasteiger partial charge in [-0.15, -0.1) is 12.4 Å². The summed E-state index contributed by atoms with van der Waals surface area (Å²) in [5.41, 5.74) is 0.438. The van der Waals surface area contributed by atoms with Crippen LogP contribution in [0.15, 0.2) is 29.2 Å². The molecule has 0 saturated heterocycles. The maximum Gasteiger partial charge on any atom is 0.240 e. The van der Waals surface area contributed by atoms with E-state index in [1.54, 1.807) is 7.05 Å². The summed E-state index contributed by atoms with van der Waals surface area (Å²) in [7, 11) is -1.73. The molecule has 18 heavy (non-hydrogen) atoms. The Morgan fingerprint density at radius 3 is 2.33 bits per heavy atom. The monoisotopic (exact) mass is 289 g/mol. The van der Waals surface area contributed by atoms with Gasteiger partial charge in [0.1, 0.15) is 0 Å². The standard InChI is InChI=1S/C11H15N3O2S.ClH/c1-9(13-2)8-14-17(15,16)11-5-3-10(7-12)4-6-11;/h3-6,9,13-14H,8H2,1-2H3;1H. The maximum atomic E-state index is 11.8. The molecule has 2 N–H and O–H groups in total. The van der Waals surface area contributed by atoms with Gasteiger partial charge in [-0.3, -0.25) is 0 Å². The molecule has 0 aromatic heterocycles. The summed E-state index contributed by atoms with van der Waals surface area (Å²) in [6, 6.07) is 7.81. The summed E-state index contributed by atoms with van der Waals surface area (Å²) in [6.45, 7) is 2.19. The van der Waals surface area contributed by atoms with Gasteiger partial charge in [-0.25, -0.2) is 13.1 Å². The first-order valence-electron chi connectivity index (χ1n) is 5.16. The lowest BCUT2D eigenvalue weighted by Crippen LogP contribution is -2.37. The van der Waals surface area contributed by atoms with Crippen LogP contribution in [-0.4, -0.2) is 28.1 Å². The molecule has 0 saturated carbocycles. The molecule has 1 aromatic rings. The third kappa shape index (κ3) is 4.63. The van der Waals surface area contributed by atoms with E-state index in [4.69, 9.17) is 5.26 Å². The van der Waals surface area contributed by atoms with E-state index in [0.29, 0.717) is 12.1 Å². The van der Waals surface area contributed by atoms with Gasteiger partial charge in [-0.1, -0.05) is 0 Å². The van der Waals surface area contributed by atoms with Crippen LogP contribution in [0.5, 0.6) is 0 Å². The lowest BCUT2D eigenvalue weighted by Gasteiger charge is -2.11. The Morgan fingerprint density at radius 1 is 1.33 bits per heavy atom. The first-order chi connectivity index (χ1) is 7.99. The van der Waals surface area contributed by atoms with Crippen LogP contribution in [-0.2, 0) is 10.0 Å². The number of hydrogen-bond acceptors (Lipinski definition) is 4. The van der Waals surface area contributed by atoms with Crippen molar-refractivity contribution in [1.29, 1.82) is 5.26 Å². The van der Waals surface area contributed by atoms with Gasteiger partial charge in [0.25, 0.3) is 0 Å². The Hall–Kier alpha value is -1.13. The molecule has 5 nitrogen and oxygen atoms in total. The van der Waals surface area contributed by atoms with E-state index in [-0.39, 0.29) is 23.3 Å². The van der Waals surface area contributed by atoms with Gasteiger partial charge in [0, 0.05) is 12.6 Å². The highest BCUT2D eigenvalue weighted by atomic mass is 35.5. The van der Waals surface area contributed by atoms with E-state index in [1.165, 1.54) is 24.3 Å². The van der Waals surface area contributed by atoms with Gasteiger partial charge in [0.15, 0.2) is 0 Å². The van der Waals surface area contributed by atoms with E-state index in [9.17, 15) is 8.42 Å².